The van der Waals surface area contributed by atoms with E-state index in [2.05, 4.69) is 32.9 Å². The first kappa shape index (κ1) is 17.7. The van der Waals surface area contributed by atoms with Gasteiger partial charge in [0.25, 0.3) is 0 Å². The summed E-state index contributed by atoms with van der Waals surface area (Å²) in [7, 11) is 0. The van der Waals surface area contributed by atoms with E-state index in [1.807, 2.05) is 0 Å². The van der Waals surface area contributed by atoms with Gasteiger partial charge in [0.2, 0.25) is 0 Å². The Kier molecular flexibility index (Phi) is 9.21. The number of hydrogen-bond donors (Lipinski definition) is 0. The lowest BCUT2D eigenvalue weighted by Gasteiger charge is -2.38. The average molecular weight is 282 g/mol. The summed E-state index contributed by atoms with van der Waals surface area (Å²) < 4.78 is 6.80. The molecular weight excluding hydrogens is 246 g/mol. The van der Waals surface area contributed by atoms with Gasteiger partial charge >= 0.3 is 0 Å². The van der Waals surface area contributed by atoms with E-state index in [0.29, 0.717) is 6.10 Å². The van der Waals surface area contributed by atoms with E-state index in [-0.39, 0.29) is 0 Å². The van der Waals surface area contributed by atoms with Crippen LogP contribution in [-0.2, 0) is 4.74 Å². The summed E-state index contributed by atoms with van der Waals surface area (Å²) in [5.74, 6) is 0. The summed E-state index contributed by atoms with van der Waals surface area (Å²) >= 11 is 0. The largest absolute Gasteiger partial charge is 0.367 e. The molecule has 0 aromatic rings. The summed E-state index contributed by atoms with van der Waals surface area (Å²) in [6, 6.07) is 0. The maximum Gasteiger partial charge on any atom is 0.130 e. The van der Waals surface area contributed by atoms with Crippen LogP contribution in [0.25, 0.3) is 0 Å². The Morgan fingerprint density at radius 1 is 0.900 bits per heavy atom. The molecule has 0 radical (unpaired) electrons. The lowest BCUT2D eigenvalue weighted by molar-refractivity contribution is -0.929. The molecule has 0 aromatic carbocycles. The van der Waals surface area contributed by atoms with Crippen molar-refractivity contribution in [1.29, 1.82) is 0 Å². The van der Waals surface area contributed by atoms with E-state index >= 15 is 0 Å². The number of unbranched alkanes of at least 4 members (excludes halogenated alkanes) is 3. The minimum Gasteiger partial charge on any atom is -0.367 e. The molecule has 118 valence electrons. The normalized spacial score (nSPS) is 18.9. The summed E-state index contributed by atoms with van der Waals surface area (Å²) in [4.78, 5) is 0. The molecule has 1 fully saturated rings. The van der Waals surface area contributed by atoms with Gasteiger partial charge in [-0.2, -0.15) is 0 Å². The van der Waals surface area contributed by atoms with Gasteiger partial charge in [-0.15, -0.1) is 0 Å². The molecule has 0 aromatic heterocycles. The van der Waals surface area contributed by atoms with Gasteiger partial charge in [-0.25, -0.2) is 0 Å². The van der Waals surface area contributed by atoms with Crippen LogP contribution in [0.3, 0.4) is 0 Å². The fourth-order valence-electron chi connectivity index (χ4n) is 3.28. The van der Waals surface area contributed by atoms with E-state index < -0.39 is 0 Å². The molecule has 1 heterocycles. The highest BCUT2D eigenvalue weighted by molar-refractivity contribution is 4.80. The van der Waals surface area contributed by atoms with Crippen LogP contribution in [0.5, 0.6) is 0 Å². The van der Waals surface area contributed by atoms with Crippen molar-refractivity contribution in [2.45, 2.75) is 71.8 Å². The second kappa shape index (κ2) is 10.4. The van der Waals surface area contributed by atoms with Crippen molar-refractivity contribution in [2.24, 2.45) is 0 Å². The topological polar surface area (TPSA) is 12.5 Å². The number of rotatable bonds is 13. The van der Waals surface area contributed by atoms with Gasteiger partial charge in [0.15, 0.2) is 0 Å². The van der Waals surface area contributed by atoms with Gasteiger partial charge in [0.05, 0.1) is 26.2 Å². The Morgan fingerprint density at radius 3 is 2.10 bits per heavy atom. The Bertz CT molecular complexity index is 252. The third-order valence-electron chi connectivity index (χ3n) is 4.26. The average Bonchev–Trinajstić information content (AvgIpc) is 3.22. The molecule has 2 nitrogen and oxygen atoms in total. The highest BCUT2D eigenvalue weighted by Crippen LogP contribution is 2.20. The monoisotopic (exact) mass is 282 g/mol. The third-order valence-corrected chi connectivity index (χ3v) is 4.26. The standard InChI is InChI=1S/C18H36NO/c1-4-7-8-9-10-11-12-15-19(13-5-2,14-6-3)16-18-17-20-18/h8-9,18H,4-7,10-17H2,1-3H3/q+1/b9-8+. The molecule has 0 aliphatic carbocycles. The van der Waals surface area contributed by atoms with Gasteiger partial charge in [-0.3, -0.25) is 0 Å². The molecule has 1 aliphatic heterocycles. The quantitative estimate of drug-likeness (QED) is 0.209. The number of quaternary nitrogens is 1. The lowest BCUT2D eigenvalue weighted by Crippen LogP contribution is -2.52. The van der Waals surface area contributed by atoms with E-state index in [1.54, 1.807) is 0 Å². The summed E-state index contributed by atoms with van der Waals surface area (Å²) in [6.07, 6.45) is 14.4. The zero-order chi connectivity index (χ0) is 14.7. The third kappa shape index (κ3) is 7.44. The van der Waals surface area contributed by atoms with Crippen LogP contribution in [0, 0.1) is 0 Å². The summed E-state index contributed by atoms with van der Waals surface area (Å²) in [5, 5.41) is 0. The van der Waals surface area contributed by atoms with Gasteiger partial charge < -0.3 is 9.22 Å². The van der Waals surface area contributed by atoms with Crippen LogP contribution in [0.1, 0.15) is 65.7 Å². The first-order valence-corrected chi connectivity index (χ1v) is 8.88. The number of ether oxygens (including phenoxy) is 1. The van der Waals surface area contributed by atoms with Gasteiger partial charge in [-0.1, -0.05) is 39.3 Å². The van der Waals surface area contributed by atoms with Crippen molar-refractivity contribution in [2.75, 3.05) is 32.8 Å². The summed E-state index contributed by atoms with van der Waals surface area (Å²) in [5.41, 5.74) is 0. The van der Waals surface area contributed by atoms with Crippen LogP contribution in [0.4, 0.5) is 0 Å². The smallest absolute Gasteiger partial charge is 0.130 e. The van der Waals surface area contributed by atoms with E-state index in [0.717, 1.165) is 6.61 Å². The van der Waals surface area contributed by atoms with Gasteiger partial charge in [0.1, 0.15) is 12.6 Å². The Hall–Kier alpha value is -0.340. The lowest BCUT2D eigenvalue weighted by atomic mass is 10.1. The molecular formula is C18H36NO+. The Morgan fingerprint density at radius 2 is 1.55 bits per heavy atom. The molecule has 1 unspecified atom stereocenters. The SMILES string of the molecule is CCC/C=C/CCCC[N+](CCC)(CCC)CC1CO1. The Labute approximate surface area is 126 Å². The highest BCUT2D eigenvalue weighted by Gasteiger charge is 2.35. The first-order valence-electron chi connectivity index (χ1n) is 8.88. The van der Waals surface area contributed by atoms with Crippen LogP contribution in [0.15, 0.2) is 12.2 Å². The molecule has 0 spiro atoms. The van der Waals surface area contributed by atoms with Gasteiger partial charge in [-0.05, 0) is 38.5 Å². The molecule has 0 saturated carbocycles. The maximum atomic E-state index is 5.50. The van der Waals surface area contributed by atoms with E-state index in [4.69, 9.17) is 4.74 Å². The number of hydrogen-bond acceptors (Lipinski definition) is 1. The van der Waals surface area contributed by atoms with Crippen molar-refractivity contribution in [3.8, 4) is 0 Å². The number of epoxide rings is 1. The zero-order valence-electron chi connectivity index (χ0n) is 14.1. The molecule has 20 heavy (non-hydrogen) atoms. The van der Waals surface area contributed by atoms with Crippen molar-refractivity contribution in [3.63, 3.8) is 0 Å². The van der Waals surface area contributed by atoms with Crippen LogP contribution >= 0.6 is 0 Å². The molecule has 1 rings (SSSR count). The number of nitrogens with zero attached hydrogens (tertiary/aromatic N) is 1. The second-order valence-corrected chi connectivity index (χ2v) is 6.41. The number of allylic oxidation sites excluding steroid dienone is 2. The predicted molar refractivity (Wildman–Crippen MR) is 87.9 cm³/mol. The molecule has 1 aliphatic rings. The molecule has 0 bridgehead atoms. The minimum absolute atomic E-state index is 0.567. The predicted octanol–water partition coefficient (Wildman–Crippen LogP) is 4.55. The fraction of sp³-hybridized carbons (Fsp3) is 0.889. The first-order chi connectivity index (χ1) is 9.76. The fourth-order valence-corrected chi connectivity index (χ4v) is 3.28. The summed E-state index contributed by atoms with van der Waals surface area (Å²) in [6.45, 7) is 13.2. The van der Waals surface area contributed by atoms with Gasteiger partial charge in [0, 0.05) is 0 Å². The Balaban J connectivity index is 2.30. The highest BCUT2D eigenvalue weighted by atomic mass is 16.6. The minimum atomic E-state index is 0.567. The molecule has 1 saturated heterocycles. The van der Waals surface area contributed by atoms with Crippen LogP contribution < -0.4 is 0 Å². The molecule has 0 amide bonds. The van der Waals surface area contributed by atoms with E-state index in [9.17, 15) is 0 Å². The van der Waals surface area contributed by atoms with Crippen molar-refractivity contribution in [1.82, 2.24) is 0 Å². The molecule has 2 heteroatoms. The molecule has 0 N–H and O–H groups in total. The van der Waals surface area contributed by atoms with Crippen LogP contribution in [-0.4, -0.2) is 43.4 Å². The van der Waals surface area contributed by atoms with Crippen LogP contribution in [0.2, 0.25) is 0 Å². The van der Waals surface area contributed by atoms with Crippen molar-refractivity contribution in [3.05, 3.63) is 12.2 Å². The van der Waals surface area contributed by atoms with Crippen molar-refractivity contribution < 1.29 is 9.22 Å². The van der Waals surface area contributed by atoms with E-state index in [1.165, 1.54) is 75.6 Å². The second-order valence-electron chi connectivity index (χ2n) is 6.41. The maximum absolute atomic E-state index is 5.50. The van der Waals surface area contributed by atoms with Crippen molar-refractivity contribution >= 4 is 0 Å². The molecule has 1 atom stereocenters. The zero-order valence-corrected chi connectivity index (χ0v) is 14.1.